The standard InChI is InChI=1S/C34H30Cl2N2O6S/c1-4-43-34(40)32-23(3)38(27-13-5-22(2)6-14-27)33(39)31(32)19-28-15-16-29(44-28)21-37(20-24-7-9-25(35)10-8-24)45(41,42)30-17-11-26(36)12-18-30/h5-19H,4,20-21H2,1-3H3/b31-19+. The average Bonchev–Trinajstić information content (AvgIpc) is 3.55. The molecule has 0 bridgehead atoms. The number of anilines is 1. The van der Waals surface area contributed by atoms with Gasteiger partial charge in [-0.2, -0.15) is 4.31 Å². The van der Waals surface area contributed by atoms with E-state index in [-0.39, 0.29) is 41.5 Å². The summed E-state index contributed by atoms with van der Waals surface area (Å²) in [4.78, 5) is 28.3. The van der Waals surface area contributed by atoms with E-state index in [9.17, 15) is 18.0 Å². The normalized spacial score (nSPS) is 14.6. The maximum atomic E-state index is 13.8. The molecular weight excluding hydrogens is 635 g/mol. The van der Waals surface area contributed by atoms with Gasteiger partial charge in [-0.3, -0.25) is 9.69 Å². The van der Waals surface area contributed by atoms with Crippen LogP contribution in [0.25, 0.3) is 6.08 Å². The quantitative estimate of drug-likeness (QED) is 0.128. The Morgan fingerprint density at radius 1 is 0.889 bits per heavy atom. The zero-order valence-electron chi connectivity index (χ0n) is 24.8. The van der Waals surface area contributed by atoms with Crippen molar-refractivity contribution in [1.29, 1.82) is 0 Å². The van der Waals surface area contributed by atoms with Crippen molar-refractivity contribution in [3.8, 4) is 0 Å². The zero-order valence-corrected chi connectivity index (χ0v) is 27.1. The first-order chi connectivity index (χ1) is 21.5. The summed E-state index contributed by atoms with van der Waals surface area (Å²) in [6.07, 6.45) is 1.48. The first-order valence-corrected chi connectivity index (χ1v) is 16.3. The van der Waals surface area contributed by atoms with Crippen LogP contribution in [0.15, 0.2) is 111 Å². The van der Waals surface area contributed by atoms with Crippen molar-refractivity contribution in [2.75, 3.05) is 11.5 Å². The molecular formula is C34H30Cl2N2O6S. The molecule has 4 aromatic rings. The number of ether oxygens (including phenoxy) is 1. The van der Waals surface area contributed by atoms with Crippen molar-refractivity contribution in [3.05, 3.63) is 134 Å². The summed E-state index contributed by atoms with van der Waals surface area (Å²) < 4.78 is 40.1. The topological polar surface area (TPSA) is 97.1 Å². The third-order valence-corrected chi connectivity index (χ3v) is 9.51. The van der Waals surface area contributed by atoms with Crippen LogP contribution in [0.1, 0.15) is 36.5 Å². The monoisotopic (exact) mass is 664 g/mol. The third kappa shape index (κ3) is 7.07. The van der Waals surface area contributed by atoms with E-state index in [1.165, 1.54) is 39.5 Å². The van der Waals surface area contributed by atoms with Crippen molar-refractivity contribution in [2.45, 2.75) is 38.8 Å². The molecule has 1 aromatic heterocycles. The second-order valence-corrected chi connectivity index (χ2v) is 13.2. The van der Waals surface area contributed by atoms with Crippen molar-refractivity contribution in [3.63, 3.8) is 0 Å². The highest BCUT2D eigenvalue weighted by Crippen LogP contribution is 2.36. The summed E-state index contributed by atoms with van der Waals surface area (Å²) in [5.41, 5.74) is 3.04. The Morgan fingerprint density at radius 2 is 1.51 bits per heavy atom. The van der Waals surface area contributed by atoms with Gasteiger partial charge in [0, 0.05) is 28.0 Å². The van der Waals surface area contributed by atoms with Crippen LogP contribution in [0.3, 0.4) is 0 Å². The van der Waals surface area contributed by atoms with Crippen LogP contribution in [0, 0.1) is 6.92 Å². The molecule has 2 heterocycles. The molecule has 0 fully saturated rings. The van der Waals surface area contributed by atoms with Crippen LogP contribution in [0.4, 0.5) is 5.69 Å². The number of sulfonamides is 1. The number of rotatable bonds is 10. The van der Waals surface area contributed by atoms with Crippen molar-refractivity contribution >= 4 is 56.9 Å². The third-order valence-electron chi connectivity index (χ3n) is 7.20. The molecule has 0 saturated heterocycles. The number of furan rings is 1. The Hall–Kier alpha value is -4.15. The van der Waals surface area contributed by atoms with Crippen LogP contribution in [0.5, 0.6) is 0 Å². The molecule has 0 spiro atoms. The maximum absolute atomic E-state index is 13.8. The molecule has 1 aliphatic rings. The number of nitrogens with zero attached hydrogens (tertiary/aromatic N) is 2. The van der Waals surface area contributed by atoms with Gasteiger partial charge < -0.3 is 9.15 Å². The van der Waals surface area contributed by atoms with Gasteiger partial charge in [-0.25, -0.2) is 13.2 Å². The summed E-state index contributed by atoms with van der Waals surface area (Å²) >= 11 is 12.0. The van der Waals surface area contributed by atoms with Gasteiger partial charge in [-0.1, -0.05) is 53.0 Å². The summed E-state index contributed by atoms with van der Waals surface area (Å²) in [5, 5.41) is 0.944. The summed E-state index contributed by atoms with van der Waals surface area (Å²) in [7, 11) is -3.98. The number of esters is 1. The lowest BCUT2D eigenvalue weighted by molar-refractivity contribution is -0.138. The fourth-order valence-corrected chi connectivity index (χ4v) is 6.58. The van der Waals surface area contributed by atoms with E-state index < -0.39 is 21.9 Å². The Balaban J connectivity index is 1.48. The maximum Gasteiger partial charge on any atom is 0.340 e. The first kappa shape index (κ1) is 32.2. The van der Waals surface area contributed by atoms with Crippen LogP contribution < -0.4 is 4.90 Å². The average molecular weight is 666 g/mol. The predicted molar refractivity (Wildman–Crippen MR) is 174 cm³/mol. The van der Waals surface area contributed by atoms with E-state index in [4.69, 9.17) is 32.4 Å². The van der Waals surface area contributed by atoms with E-state index >= 15 is 0 Å². The van der Waals surface area contributed by atoms with Crippen LogP contribution in [0.2, 0.25) is 10.0 Å². The largest absolute Gasteiger partial charge is 0.462 e. The van der Waals surface area contributed by atoms with E-state index in [2.05, 4.69) is 0 Å². The number of hydrogen-bond donors (Lipinski definition) is 0. The van der Waals surface area contributed by atoms with E-state index in [1.807, 2.05) is 31.2 Å². The fourth-order valence-electron chi connectivity index (χ4n) is 4.93. The molecule has 0 N–H and O–H groups in total. The summed E-state index contributed by atoms with van der Waals surface area (Å²) in [5.74, 6) is -0.442. The summed E-state index contributed by atoms with van der Waals surface area (Å²) in [6.45, 7) is 5.39. The van der Waals surface area contributed by atoms with Crippen LogP contribution in [-0.2, 0) is 37.4 Å². The Bertz CT molecular complexity index is 1900. The SMILES string of the molecule is CCOC(=O)C1=C(C)N(c2ccc(C)cc2)C(=O)/C1=C/c1ccc(CN(Cc2ccc(Cl)cc2)S(=O)(=O)c2ccc(Cl)cc2)o1. The lowest BCUT2D eigenvalue weighted by Crippen LogP contribution is -2.30. The molecule has 0 unspecified atom stereocenters. The lowest BCUT2D eigenvalue weighted by Gasteiger charge is -2.21. The van der Waals surface area contributed by atoms with Crippen molar-refractivity contribution < 1.29 is 27.2 Å². The number of carbonyl (C=O) groups excluding carboxylic acids is 2. The van der Waals surface area contributed by atoms with Gasteiger partial charge >= 0.3 is 5.97 Å². The van der Waals surface area contributed by atoms with E-state index in [0.717, 1.165) is 11.1 Å². The minimum Gasteiger partial charge on any atom is -0.462 e. The van der Waals surface area contributed by atoms with Gasteiger partial charge in [-0.05, 0) is 93.1 Å². The van der Waals surface area contributed by atoms with Crippen LogP contribution in [-0.4, -0.2) is 31.2 Å². The highest BCUT2D eigenvalue weighted by atomic mass is 35.5. The second kappa shape index (κ2) is 13.5. The fraction of sp³-hybridized carbons (Fsp3) is 0.176. The molecule has 0 saturated carbocycles. The molecule has 1 amide bonds. The Kier molecular flexibility index (Phi) is 9.65. The molecule has 5 rings (SSSR count). The number of allylic oxidation sites excluding steroid dienone is 1. The number of halogens is 2. The molecule has 0 atom stereocenters. The molecule has 3 aromatic carbocycles. The van der Waals surface area contributed by atoms with Crippen molar-refractivity contribution in [1.82, 2.24) is 4.31 Å². The summed E-state index contributed by atoms with van der Waals surface area (Å²) in [6, 6.07) is 23.5. The zero-order chi connectivity index (χ0) is 32.3. The van der Waals surface area contributed by atoms with Gasteiger partial charge in [0.05, 0.1) is 29.2 Å². The highest BCUT2D eigenvalue weighted by molar-refractivity contribution is 7.89. The van der Waals surface area contributed by atoms with E-state index in [1.54, 1.807) is 50.2 Å². The van der Waals surface area contributed by atoms with Gasteiger partial charge in [-0.15, -0.1) is 0 Å². The highest BCUT2D eigenvalue weighted by Gasteiger charge is 2.38. The molecule has 0 aliphatic carbocycles. The van der Waals surface area contributed by atoms with Gasteiger partial charge in [0.1, 0.15) is 11.5 Å². The molecule has 11 heteroatoms. The van der Waals surface area contributed by atoms with Gasteiger partial charge in [0.2, 0.25) is 10.0 Å². The molecule has 0 radical (unpaired) electrons. The lowest BCUT2D eigenvalue weighted by atomic mass is 10.1. The van der Waals surface area contributed by atoms with Gasteiger partial charge in [0.15, 0.2) is 0 Å². The molecule has 1 aliphatic heterocycles. The molecule has 232 valence electrons. The smallest absolute Gasteiger partial charge is 0.340 e. The number of benzene rings is 3. The molecule has 8 nitrogen and oxygen atoms in total. The number of hydrogen-bond acceptors (Lipinski definition) is 6. The number of aryl methyl sites for hydroxylation is 1. The van der Waals surface area contributed by atoms with Crippen molar-refractivity contribution in [2.24, 2.45) is 0 Å². The first-order valence-electron chi connectivity index (χ1n) is 14.1. The van der Waals surface area contributed by atoms with E-state index in [0.29, 0.717) is 27.2 Å². The number of amides is 1. The minimum atomic E-state index is -3.98. The Morgan fingerprint density at radius 3 is 2.13 bits per heavy atom. The predicted octanol–water partition coefficient (Wildman–Crippen LogP) is 7.55. The van der Waals surface area contributed by atoms with Crippen LogP contribution >= 0.6 is 23.2 Å². The molecule has 45 heavy (non-hydrogen) atoms. The minimum absolute atomic E-state index is 0.0399. The second-order valence-electron chi connectivity index (χ2n) is 10.4. The Labute approximate surface area is 272 Å². The number of carbonyl (C=O) groups is 2. The van der Waals surface area contributed by atoms with Gasteiger partial charge in [0.25, 0.3) is 5.91 Å².